The quantitative estimate of drug-likeness (QED) is 0.766. The van der Waals surface area contributed by atoms with Crippen LogP contribution in [0, 0.1) is 0 Å². The van der Waals surface area contributed by atoms with Gasteiger partial charge in [0, 0.05) is 53.7 Å². The number of fused-ring (bicyclic) bond motifs is 1. The zero-order valence-corrected chi connectivity index (χ0v) is 15.2. The van der Waals surface area contributed by atoms with Crippen molar-refractivity contribution in [1.29, 1.82) is 0 Å². The van der Waals surface area contributed by atoms with Crippen LogP contribution < -0.4 is 0 Å². The Hall–Kier alpha value is -2.66. The third kappa shape index (κ3) is 2.99. The molecule has 3 aromatic rings. The van der Waals surface area contributed by atoms with Crippen molar-refractivity contribution >= 4 is 17.5 Å². The summed E-state index contributed by atoms with van der Waals surface area (Å²) in [6.45, 7) is 3.15. The number of amides is 1. The van der Waals surface area contributed by atoms with Crippen LogP contribution in [0.4, 0.5) is 0 Å². The van der Waals surface area contributed by atoms with Crippen molar-refractivity contribution in [2.24, 2.45) is 0 Å². The summed E-state index contributed by atoms with van der Waals surface area (Å²) in [5.74, 6) is -0.188. The average molecular weight is 367 g/mol. The van der Waals surface area contributed by atoms with Gasteiger partial charge in [-0.1, -0.05) is 29.8 Å². The predicted octanol–water partition coefficient (Wildman–Crippen LogP) is 3.81. The average Bonchev–Trinajstić information content (AvgIpc) is 3.11. The minimum absolute atomic E-state index is 0.0885. The lowest BCUT2D eigenvalue weighted by atomic mass is 9.96. The minimum Gasteiger partial charge on any atom is -0.337 e. The molecule has 6 heteroatoms. The minimum atomic E-state index is -0.276. The third-order valence-electron chi connectivity index (χ3n) is 4.94. The smallest absolute Gasteiger partial charge is 0.230 e. The van der Waals surface area contributed by atoms with E-state index in [1.165, 1.54) is 0 Å². The second-order valence-electron chi connectivity index (χ2n) is 6.52. The van der Waals surface area contributed by atoms with E-state index in [2.05, 4.69) is 15.2 Å². The number of halogens is 1. The molecule has 5 nitrogen and oxygen atoms in total. The van der Waals surface area contributed by atoms with Crippen LogP contribution in [-0.4, -0.2) is 32.5 Å². The van der Waals surface area contributed by atoms with Gasteiger partial charge in [0.1, 0.15) is 0 Å². The summed E-state index contributed by atoms with van der Waals surface area (Å²) in [6, 6.07) is 11.4. The Morgan fingerprint density at radius 1 is 1.23 bits per heavy atom. The molecule has 0 saturated carbocycles. The lowest BCUT2D eigenvalue weighted by molar-refractivity contribution is -0.133. The molecule has 0 fully saturated rings. The van der Waals surface area contributed by atoms with Crippen LogP contribution in [0.25, 0.3) is 11.3 Å². The molecule has 0 radical (unpaired) electrons. The molecule has 0 bridgehead atoms. The first-order chi connectivity index (χ1) is 12.6. The van der Waals surface area contributed by atoms with Gasteiger partial charge in [0.15, 0.2) is 0 Å². The molecule has 0 aliphatic carbocycles. The largest absolute Gasteiger partial charge is 0.337 e. The molecule has 4 rings (SSSR count). The molecule has 26 heavy (non-hydrogen) atoms. The maximum absolute atomic E-state index is 13.1. The van der Waals surface area contributed by atoms with Crippen LogP contribution in [-0.2, 0) is 17.8 Å². The summed E-state index contributed by atoms with van der Waals surface area (Å²) in [7, 11) is 0. The molecule has 1 aliphatic rings. The molecule has 1 amide bonds. The second-order valence-corrected chi connectivity index (χ2v) is 6.93. The maximum atomic E-state index is 13.1. The summed E-state index contributed by atoms with van der Waals surface area (Å²) in [4.78, 5) is 19.0. The molecule has 1 unspecified atom stereocenters. The Labute approximate surface area is 157 Å². The monoisotopic (exact) mass is 366 g/mol. The van der Waals surface area contributed by atoms with E-state index in [1.807, 2.05) is 48.2 Å². The van der Waals surface area contributed by atoms with Gasteiger partial charge < -0.3 is 4.90 Å². The lowest BCUT2D eigenvalue weighted by Gasteiger charge is -2.30. The summed E-state index contributed by atoms with van der Waals surface area (Å²) < 4.78 is 0. The number of nitrogens with zero attached hydrogens (tertiary/aromatic N) is 3. The molecule has 0 spiro atoms. The van der Waals surface area contributed by atoms with Crippen LogP contribution in [0.15, 0.2) is 48.8 Å². The van der Waals surface area contributed by atoms with Crippen LogP contribution in [0.2, 0.25) is 5.02 Å². The first-order valence-electron chi connectivity index (χ1n) is 8.65. The summed E-state index contributed by atoms with van der Waals surface area (Å²) in [6.07, 6.45) is 4.28. The number of H-pyrrole nitrogens is 1. The molecule has 2 aromatic heterocycles. The second kappa shape index (κ2) is 6.92. The normalized spacial score (nSPS) is 14.8. The number of aromatic amines is 1. The van der Waals surface area contributed by atoms with E-state index < -0.39 is 0 Å². The van der Waals surface area contributed by atoms with Crippen molar-refractivity contribution in [3.8, 4) is 11.3 Å². The Kier molecular flexibility index (Phi) is 4.47. The Morgan fingerprint density at radius 2 is 2.00 bits per heavy atom. The van der Waals surface area contributed by atoms with E-state index in [4.69, 9.17) is 11.6 Å². The highest BCUT2D eigenvalue weighted by atomic mass is 35.5. The molecule has 0 saturated heterocycles. The van der Waals surface area contributed by atoms with Crippen molar-refractivity contribution in [2.45, 2.75) is 25.8 Å². The highest BCUT2D eigenvalue weighted by molar-refractivity contribution is 6.31. The lowest BCUT2D eigenvalue weighted by Crippen LogP contribution is -2.38. The van der Waals surface area contributed by atoms with Gasteiger partial charge in [-0.2, -0.15) is 5.10 Å². The fourth-order valence-corrected chi connectivity index (χ4v) is 3.76. The van der Waals surface area contributed by atoms with E-state index in [0.717, 1.165) is 34.5 Å². The van der Waals surface area contributed by atoms with Crippen molar-refractivity contribution in [3.63, 3.8) is 0 Å². The summed E-state index contributed by atoms with van der Waals surface area (Å²) in [5.41, 5.74) is 4.95. The fourth-order valence-electron chi connectivity index (χ4n) is 3.46. The maximum Gasteiger partial charge on any atom is 0.230 e. The third-order valence-corrected chi connectivity index (χ3v) is 5.29. The van der Waals surface area contributed by atoms with E-state index in [-0.39, 0.29) is 11.8 Å². The molecular weight excluding hydrogens is 348 g/mol. The van der Waals surface area contributed by atoms with E-state index in [0.29, 0.717) is 18.1 Å². The van der Waals surface area contributed by atoms with Gasteiger partial charge in [0.05, 0.1) is 11.6 Å². The van der Waals surface area contributed by atoms with Crippen molar-refractivity contribution < 1.29 is 4.79 Å². The van der Waals surface area contributed by atoms with Crippen LogP contribution in [0.3, 0.4) is 0 Å². The van der Waals surface area contributed by atoms with Crippen molar-refractivity contribution in [3.05, 3.63) is 70.6 Å². The standard InChI is InChI=1S/C20H19ClN4O/c1-13(15-4-2-3-5-17(15)21)20(26)25-11-8-18-16(12-25)19(24-23-18)14-6-9-22-10-7-14/h2-7,9-10,13H,8,11-12H2,1H3,(H,23,24). The van der Waals surface area contributed by atoms with Gasteiger partial charge in [0.2, 0.25) is 5.91 Å². The Balaban J connectivity index is 1.60. The molecule has 132 valence electrons. The Bertz CT molecular complexity index is 938. The van der Waals surface area contributed by atoms with Gasteiger partial charge in [-0.3, -0.25) is 14.9 Å². The highest BCUT2D eigenvalue weighted by Crippen LogP contribution is 2.31. The van der Waals surface area contributed by atoms with Gasteiger partial charge in [-0.25, -0.2) is 0 Å². The Morgan fingerprint density at radius 3 is 2.77 bits per heavy atom. The van der Waals surface area contributed by atoms with Crippen molar-refractivity contribution in [1.82, 2.24) is 20.1 Å². The number of rotatable bonds is 3. The zero-order valence-electron chi connectivity index (χ0n) is 14.4. The molecule has 1 N–H and O–H groups in total. The molecule has 1 atom stereocenters. The van der Waals surface area contributed by atoms with Crippen LogP contribution >= 0.6 is 11.6 Å². The number of aromatic nitrogens is 3. The van der Waals surface area contributed by atoms with Crippen molar-refractivity contribution in [2.75, 3.05) is 6.54 Å². The number of hydrogen-bond acceptors (Lipinski definition) is 3. The van der Waals surface area contributed by atoms with E-state index >= 15 is 0 Å². The topological polar surface area (TPSA) is 61.9 Å². The summed E-state index contributed by atoms with van der Waals surface area (Å²) >= 11 is 6.28. The zero-order chi connectivity index (χ0) is 18.1. The SMILES string of the molecule is CC(C(=O)N1CCc2[nH]nc(-c3ccncc3)c2C1)c1ccccc1Cl. The number of carbonyl (C=O) groups excluding carboxylic acids is 1. The van der Waals surface area contributed by atoms with Crippen LogP contribution in [0.1, 0.15) is 29.7 Å². The number of nitrogens with one attached hydrogen (secondary N) is 1. The molecule has 1 aliphatic heterocycles. The van der Waals surface area contributed by atoms with Gasteiger partial charge in [-0.05, 0) is 30.7 Å². The predicted molar refractivity (Wildman–Crippen MR) is 101 cm³/mol. The molecular formula is C20H19ClN4O. The number of pyridine rings is 1. The fraction of sp³-hybridized carbons (Fsp3) is 0.250. The number of hydrogen-bond donors (Lipinski definition) is 1. The first-order valence-corrected chi connectivity index (χ1v) is 9.02. The highest BCUT2D eigenvalue weighted by Gasteiger charge is 2.29. The van der Waals surface area contributed by atoms with E-state index in [9.17, 15) is 4.79 Å². The van der Waals surface area contributed by atoms with Gasteiger partial charge in [-0.15, -0.1) is 0 Å². The number of carbonyl (C=O) groups is 1. The van der Waals surface area contributed by atoms with Gasteiger partial charge in [0.25, 0.3) is 0 Å². The summed E-state index contributed by atoms with van der Waals surface area (Å²) in [5, 5.41) is 8.22. The number of benzene rings is 1. The van der Waals surface area contributed by atoms with Crippen LogP contribution in [0.5, 0.6) is 0 Å². The van der Waals surface area contributed by atoms with Gasteiger partial charge >= 0.3 is 0 Å². The molecule has 3 heterocycles. The first kappa shape index (κ1) is 16.8. The van der Waals surface area contributed by atoms with E-state index in [1.54, 1.807) is 12.4 Å². The molecule has 1 aromatic carbocycles.